The molecule has 2 aromatic rings. The van der Waals surface area contributed by atoms with Crippen LogP contribution >= 0.6 is 0 Å². The predicted molar refractivity (Wildman–Crippen MR) is 144 cm³/mol. The largest absolute Gasteiger partial charge is 0.359 e. The van der Waals surface area contributed by atoms with Gasteiger partial charge in [-0.3, -0.25) is 9.88 Å². The second-order valence-corrected chi connectivity index (χ2v) is 12.8. The molecule has 1 aromatic heterocycles. The fraction of sp³-hybridized carbons (Fsp3) is 0.531. The zero-order chi connectivity index (χ0) is 24.1. The number of hydrogen-bond donors (Lipinski definition) is 1. The summed E-state index contributed by atoms with van der Waals surface area (Å²) in [5.41, 5.74) is 10.6. The molecule has 4 heterocycles. The Morgan fingerprint density at radius 2 is 2.03 bits per heavy atom. The fourth-order valence-corrected chi connectivity index (χ4v) is 9.28. The third kappa shape index (κ3) is 2.84. The van der Waals surface area contributed by atoms with Gasteiger partial charge in [-0.1, -0.05) is 43.4 Å². The number of rotatable bonds is 2. The van der Waals surface area contributed by atoms with Crippen LogP contribution in [-0.4, -0.2) is 46.3 Å². The standard InChI is InChI=1S/C32H37N3O/c1-30-11-8-25-17-24-4-5-27(35-15-10-26(33)20-35)18-31(24)12-13-32(25,36-31)29(30)7-6-28(30)22-3-2-21-9-14-34-19-23(21)16-22/h2-5,8-9,14,16-17,19,26-29H,6-7,10-13,15,18,20,33H2,1H3/t26-,27?,28?,29-,30-,31-,32?/m1/s1. The first-order valence-corrected chi connectivity index (χ1v) is 14.1. The maximum Gasteiger partial charge on any atom is 0.0975 e. The SMILES string of the molecule is C[C@]12CC=C3C=C4C=CC(N5CC[C@@H](N)C5)C[C@]45CCC3(O5)[C@@H]1CCC2c1ccc2ccncc2c1. The van der Waals surface area contributed by atoms with Crippen molar-refractivity contribution in [1.82, 2.24) is 9.88 Å². The molecule has 186 valence electrons. The lowest BCUT2D eigenvalue weighted by Crippen LogP contribution is -2.54. The van der Waals surface area contributed by atoms with Crippen LogP contribution in [0.1, 0.15) is 63.4 Å². The van der Waals surface area contributed by atoms with E-state index in [1.54, 1.807) is 0 Å². The lowest BCUT2D eigenvalue weighted by Gasteiger charge is -2.54. The van der Waals surface area contributed by atoms with Gasteiger partial charge in [0.05, 0.1) is 11.2 Å². The van der Waals surface area contributed by atoms with Gasteiger partial charge in [-0.15, -0.1) is 0 Å². The molecule has 2 N–H and O–H groups in total. The minimum Gasteiger partial charge on any atom is -0.359 e. The Morgan fingerprint density at radius 3 is 2.92 bits per heavy atom. The van der Waals surface area contributed by atoms with Crippen molar-refractivity contribution in [2.75, 3.05) is 13.1 Å². The van der Waals surface area contributed by atoms with Crippen LogP contribution in [0, 0.1) is 11.3 Å². The van der Waals surface area contributed by atoms with Crippen molar-refractivity contribution >= 4 is 10.8 Å². The molecule has 3 aliphatic carbocycles. The molecule has 0 radical (unpaired) electrons. The summed E-state index contributed by atoms with van der Waals surface area (Å²) < 4.78 is 7.47. The van der Waals surface area contributed by atoms with Crippen molar-refractivity contribution in [3.8, 4) is 0 Å². The van der Waals surface area contributed by atoms with E-state index in [0.717, 1.165) is 45.2 Å². The molecule has 4 heteroatoms. The molecule has 6 aliphatic rings. The van der Waals surface area contributed by atoms with E-state index >= 15 is 0 Å². The van der Waals surface area contributed by atoms with Gasteiger partial charge in [0.2, 0.25) is 0 Å². The molecule has 2 spiro atoms. The number of pyridine rings is 1. The molecule has 2 saturated heterocycles. The van der Waals surface area contributed by atoms with Crippen LogP contribution in [0.4, 0.5) is 0 Å². The number of hydrogen-bond acceptors (Lipinski definition) is 4. The van der Waals surface area contributed by atoms with Crippen LogP contribution in [0.5, 0.6) is 0 Å². The topological polar surface area (TPSA) is 51.4 Å². The van der Waals surface area contributed by atoms with E-state index in [9.17, 15) is 0 Å². The number of nitrogens with zero attached hydrogens (tertiary/aromatic N) is 2. The van der Waals surface area contributed by atoms with Crippen LogP contribution < -0.4 is 5.73 Å². The Balaban J connectivity index is 1.15. The molecule has 4 nitrogen and oxygen atoms in total. The minimum absolute atomic E-state index is 0.110. The first-order chi connectivity index (χ1) is 17.5. The summed E-state index contributed by atoms with van der Waals surface area (Å²) in [6, 6.07) is 9.97. The molecule has 1 aromatic carbocycles. The van der Waals surface area contributed by atoms with Gasteiger partial charge < -0.3 is 10.5 Å². The zero-order valence-corrected chi connectivity index (χ0v) is 21.3. The summed E-state index contributed by atoms with van der Waals surface area (Å²) in [5.74, 6) is 1.14. The summed E-state index contributed by atoms with van der Waals surface area (Å²) in [4.78, 5) is 6.98. The number of nitrogens with two attached hydrogens (primary N) is 1. The summed E-state index contributed by atoms with van der Waals surface area (Å²) in [6.07, 6.45) is 22.0. The fourth-order valence-electron chi connectivity index (χ4n) is 9.28. The number of ether oxygens (including phenoxy) is 1. The highest BCUT2D eigenvalue weighted by Crippen LogP contribution is 2.69. The molecule has 0 amide bonds. The van der Waals surface area contributed by atoms with Gasteiger partial charge in [0.15, 0.2) is 0 Å². The van der Waals surface area contributed by atoms with E-state index in [1.807, 2.05) is 12.4 Å². The predicted octanol–water partition coefficient (Wildman–Crippen LogP) is 5.65. The molecule has 7 atom stereocenters. The van der Waals surface area contributed by atoms with E-state index < -0.39 is 0 Å². The molecule has 1 saturated carbocycles. The molecule has 2 bridgehead atoms. The van der Waals surface area contributed by atoms with Crippen molar-refractivity contribution in [2.45, 2.75) is 81.1 Å². The van der Waals surface area contributed by atoms with Gasteiger partial charge in [-0.25, -0.2) is 0 Å². The van der Waals surface area contributed by atoms with Gasteiger partial charge in [0.1, 0.15) is 0 Å². The lowest BCUT2D eigenvalue weighted by molar-refractivity contribution is -0.132. The maximum absolute atomic E-state index is 7.47. The second-order valence-electron chi connectivity index (χ2n) is 12.8. The summed E-state index contributed by atoms with van der Waals surface area (Å²) >= 11 is 0. The van der Waals surface area contributed by atoms with Crippen LogP contribution in [0.25, 0.3) is 10.8 Å². The first kappa shape index (κ1) is 21.8. The number of likely N-dealkylation sites (tertiary alicyclic amines) is 1. The Kier molecular flexibility index (Phi) is 4.48. The monoisotopic (exact) mass is 479 g/mol. The summed E-state index contributed by atoms with van der Waals surface area (Å²) in [5, 5.41) is 2.54. The van der Waals surface area contributed by atoms with Crippen LogP contribution in [0.15, 0.2) is 72.1 Å². The van der Waals surface area contributed by atoms with Gasteiger partial charge in [0.25, 0.3) is 0 Å². The first-order valence-electron chi connectivity index (χ1n) is 14.1. The molecular weight excluding hydrogens is 442 g/mol. The van der Waals surface area contributed by atoms with Crippen molar-refractivity contribution in [2.24, 2.45) is 17.1 Å². The van der Waals surface area contributed by atoms with Gasteiger partial charge in [-0.2, -0.15) is 0 Å². The van der Waals surface area contributed by atoms with Crippen LogP contribution in [0.3, 0.4) is 0 Å². The average Bonchev–Trinajstić information content (AvgIpc) is 3.57. The lowest BCUT2D eigenvalue weighted by atomic mass is 9.58. The summed E-state index contributed by atoms with van der Waals surface area (Å²) in [6.45, 7) is 4.70. The quantitative estimate of drug-likeness (QED) is 0.604. The third-order valence-electron chi connectivity index (χ3n) is 11.1. The third-order valence-corrected chi connectivity index (χ3v) is 11.1. The highest BCUT2D eigenvalue weighted by atomic mass is 16.5. The molecule has 3 aliphatic heterocycles. The van der Waals surface area contributed by atoms with Gasteiger partial charge in [0, 0.05) is 43.0 Å². The second kappa shape index (κ2) is 7.40. The summed E-state index contributed by atoms with van der Waals surface area (Å²) in [7, 11) is 0. The molecule has 3 unspecified atom stereocenters. The highest BCUT2D eigenvalue weighted by Gasteiger charge is 2.66. The normalized spacial score (nSPS) is 43.2. The Bertz CT molecular complexity index is 1340. The zero-order valence-electron chi connectivity index (χ0n) is 21.3. The Morgan fingerprint density at radius 1 is 1.08 bits per heavy atom. The van der Waals surface area contributed by atoms with Gasteiger partial charge >= 0.3 is 0 Å². The van der Waals surface area contributed by atoms with Crippen molar-refractivity contribution in [3.63, 3.8) is 0 Å². The number of aromatic nitrogens is 1. The molecule has 36 heavy (non-hydrogen) atoms. The van der Waals surface area contributed by atoms with Gasteiger partial charge in [-0.05, 0) is 96.4 Å². The van der Waals surface area contributed by atoms with E-state index in [2.05, 4.69) is 65.4 Å². The van der Waals surface area contributed by atoms with Crippen molar-refractivity contribution in [3.05, 3.63) is 77.7 Å². The number of benzene rings is 1. The number of allylic oxidation sites excluding steroid dienone is 1. The van der Waals surface area contributed by atoms with E-state index in [-0.39, 0.29) is 16.6 Å². The maximum atomic E-state index is 7.47. The van der Waals surface area contributed by atoms with Crippen molar-refractivity contribution in [1.29, 1.82) is 0 Å². The Hall–Kier alpha value is -2.27. The Labute approximate surface area is 214 Å². The van der Waals surface area contributed by atoms with E-state index in [4.69, 9.17) is 10.5 Å². The van der Waals surface area contributed by atoms with E-state index in [0.29, 0.717) is 23.9 Å². The van der Waals surface area contributed by atoms with Crippen LogP contribution in [-0.2, 0) is 4.74 Å². The smallest absolute Gasteiger partial charge is 0.0975 e. The molecule has 8 rings (SSSR count). The molecular formula is C32H37N3O. The van der Waals surface area contributed by atoms with Crippen molar-refractivity contribution < 1.29 is 4.74 Å². The number of fused-ring (bicyclic) bond motifs is 2. The van der Waals surface area contributed by atoms with Crippen LogP contribution in [0.2, 0.25) is 0 Å². The average molecular weight is 480 g/mol. The van der Waals surface area contributed by atoms with E-state index in [1.165, 1.54) is 40.3 Å². The minimum atomic E-state index is -0.117. The highest BCUT2D eigenvalue weighted by molar-refractivity contribution is 5.82. The molecule has 3 fully saturated rings.